The Labute approximate surface area is 90.8 Å². The average Bonchev–Trinajstić information content (AvgIpc) is 2.85. The van der Waals surface area contributed by atoms with Crippen molar-refractivity contribution in [2.75, 3.05) is 0 Å². The fourth-order valence-electron chi connectivity index (χ4n) is 1.16. The smallest absolute Gasteiger partial charge is 0.271 e. The summed E-state index contributed by atoms with van der Waals surface area (Å²) < 4.78 is 1.72. The molecule has 0 radical (unpaired) electrons. The molecule has 0 aliphatic carbocycles. The number of carbonyl (C=O) groups excluding carboxylic acids is 1. The van der Waals surface area contributed by atoms with E-state index in [1.807, 2.05) is 13.1 Å². The lowest BCUT2D eigenvalue weighted by atomic mass is 10.4. The van der Waals surface area contributed by atoms with Gasteiger partial charge in [0.25, 0.3) is 5.91 Å². The number of aromatic nitrogens is 3. The Morgan fingerprint density at radius 3 is 3.13 bits per heavy atom. The molecule has 0 bridgehead atoms. The number of aryl methyl sites for hydroxylation is 1. The molecule has 0 atom stereocenters. The first kappa shape index (κ1) is 9.85. The van der Waals surface area contributed by atoms with Crippen molar-refractivity contribution in [1.82, 2.24) is 20.1 Å². The number of carbonyl (C=O) groups is 1. The molecule has 0 fully saturated rings. The van der Waals surface area contributed by atoms with Crippen LogP contribution >= 0.6 is 11.3 Å². The van der Waals surface area contributed by atoms with Crippen LogP contribution < -0.4 is 5.32 Å². The number of nitrogens with one attached hydrogen (secondary N) is 1. The molecule has 0 unspecified atom stereocenters. The maximum atomic E-state index is 11.5. The second-order valence-corrected chi connectivity index (χ2v) is 3.72. The molecule has 0 aromatic carbocycles. The lowest BCUT2D eigenvalue weighted by molar-refractivity contribution is 0.0946. The van der Waals surface area contributed by atoms with Crippen LogP contribution in [0.15, 0.2) is 23.2 Å². The predicted octanol–water partition coefficient (Wildman–Crippen LogP) is 0.807. The monoisotopic (exact) mass is 222 g/mol. The van der Waals surface area contributed by atoms with Gasteiger partial charge in [-0.25, -0.2) is 4.98 Å². The molecule has 2 heterocycles. The van der Waals surface area contributed by atoms with Crippen LogP contribution in [0, 0.1) is 0 Å². The highest BCUT2D eigenvalue weighted by Gasteiger charge is 2.07. The molecule has 15 heavy (non-hydrogen) atoms. The van der Waals surface area contributed by atoms with E-state index in [0.717, 1.165) is 5.69 Å². The molecule has 5 nitrogen and oxygen atoms in total. The first-order valence-electron chi connectivity index (χ1n) is 4.40. The van der Waals surface area contributed by atoms with Gasteiger partial charge in [0.1, 0.15) is 5.69 Å². The molecule has 1 N–H and O–H groups in total. The molecular formula is C9H10N4OS. The molecule has 6 heteroatoms. The van der Waals surface area contributed by atoms with Crippen molar-refractivity contribution in [1.29, 1.82) is 0 Å². The van der Waals surface area contributed by atoms with Gasteiger partial charge in [0.15, 0.2) is 0 Å². The molecule has 0 aliphatic rings. The molecule has 0 saturated heterocycles. The zero-order chi connectivity index (χ0) is 10.7. The van der Waals surface area contributed by atoms with Crippen LogP contribution in [-0.2, 0) is 13.6 Å². The minimum absolute atomic E-state index is 0.155. The largest absolute Gasteiger partial charge is 0.345 e. The van der Waals surface area contributed by atoms with Gasteiger partial charge in [-0.15, -0.1) is 11.3 Å². The van der Waals surface area contributed by atoms with E-state index >= 15 is 0 Å². The fourth-order valence-corrected chi connectivity index (χ4v) is 1.69. The molecular weight excluding hydrogens is 212 g/mol. The average molecular weight is 222 g/mol. The summed E-state index contributed by atoms with van der Waals surface area (Å²) in [6.45, 7) is 0.465. The summed E-state index contributed by atoms with van der Waals surface area (Å²) in [6.07, 6.45) is 1.70. The summed E-state index contributed by atoms with van der Waals surface area (Å²) in [4.78, 5) is 15.4. The predicted molar refractivity (Wildman–Crippen MR) is 56.5 cm³/mol. The minimum Gasteiger partial charge on any atom is -0.345 e. The normalized spacial score (nSPS) is 10.2. The summed E-state index contributed by atoms with van der Waals surface area (Å²) in [5, 5.41) is 8.50. The zero-order valence-corrected chi connectivity index (χ0v) is 8.99. The number of thiazole rings is 1. The fraction of sp³-hybridized carbons (Fsp3) is 0.222. The van der Waals surface area contributed by atoms with E-state index in [-0.39, 0.29) is 5.91 Å². The lowest BCUT2D eigenvalue weighted by Crippen LogP contribution is -2.24. The van der Waals surface area contributed by atoms with Gasteiger partial charge in [0.2, 0.25) is 0 Å². The van der Waals surface area contributed by atoms with Crippen molar-refractivity contribution < 1.29 is 4.79 Å². The van der Waals surface area contributed by atoms with Gasteiger partial charge in [-0.1, -0.05) is 0 Å². The van der Waals surface area contributed by atoms with Gasteiger partial charge >= 0.3 is 0 Å². The Kier molecular flexibility index (Phi) is 2.77. The third-order valence-electron chi connectivity index (χ3n) is 2.02. The molecule has 0 saturated carbocycles. The lowest BCUT2D eigenvalue weighted by Gasteiger charge is -2.03. The highest BCUT2D eigenvalue weighted by molar-refractivity contribution is 7.07. The third kappa shape index (κ3) is 2.21. The first-order chi connectivity index (χ1) is 7.27. The summed E-state index contributed by atoms with van der Waals surface area (Å²) in [5.74, 6) is -0.155. The topological polar surface area (TPSA) is 59.8 Å². The van der Waals surface area contributed by atoms with Crippen LogP contribution in [-0.4, -0.2) is 20.7 Å². The maximum absolute atomic E-state index is 11.5. The van der Waals surface area contributed by atoms with E-state index in [9.17, 15) is 4.79 Å². The van der Waals surface area contributed by atoms with E-state index in [0.29, 0.717) is 12.2 Å². The summed E-state index contributed by atoms with van der Waals surface area (Å²) >= 11 is 1.40. The Hall–Kier alpha value is -1.69. The van der Waals surface area contributed by atoms with Crippen molar-refractivity contribution in [3.8, 4) is 0 Å². The van der Waals surface area contributed by atoms with Crippen molar-refractivity contribution in [2.45, 2.75) is 6.54 Å². The van der Waals surface area contributed by atoms with Gasteiger partial charge in [-0.2, -0.15) is 5.10 Å². The van der Waals surface area contributed by atoms with Crippen LogP contribution in [0.25, 0.3) is 0 Å². The van der Waals surface area contributed by atoms with Gasteiger partial charge < -0.3 is 5.32 Å². The highest BCUT2D eigenvalue weighted by Crippen LogP contribution is 2.01. The molecule has 0 aliphatic heterocycles. The van der Waals surface area contributed by atoms with Crippen LogP contribution in [0.1, 0.15) is 16.2 Å². The van der Waals surface area contributed by atoms with E-state index in [1.165, 1.54) is 11.3 Å². The first-order valence-corrected chi connectivity index (χ1v) is 5.35. The Morgan fingerprint density at radius 1 is 1.67 bits per heavy atom. The molecule has 2 rings (SSSR count). The van der Waals surface area contributed by atoms with E-state index in [1.54, 1.807) is 21.8 Å². The molecule has 1 amide bonds. The molecule has 2 aromatic heterocycles. The van der Waals surface area contributed by atoms with E-state index in [4.69, 9.17) is 0 Å². The van der Waals surface area contributed by atoms with Crippen molar-refractivity contribution >= 4 is 17.2 Å². The van der Waals surface area contributed by atoms with Crippen molar-refractivity contribution in [2.24, 2.45) is 7.05 Å². The highest BCUT2D eigenvalue weighted by atomic mass is 32.1. The summed E-state index contributed by atoms with van der Waals surface area (Å²) in [7, 11) is 1.84. The number of hydrogen-bond donors (Lipinski definition) is 1. The van der Waals surface area contributed by atoms with Gasteiger partial charge in [-0.05, 0) is 6.07 Å². The number of rotatable bonds is 3. The summed E-state index contributed by atoms with van der Waals surface area (Å²) in [6, 6.07) is 1.86. The molecule has 0 spiro atoms. The van der Waals surface area contributed by atoms with Crippen molar-refractivity contribution in [3.63, 3.8) is 0 Å². The van der Waals surface area contributed by atoms with Gasteiger partial charge in [0.05, 0.1) is 17.7 Å². The number of nitrogens with zero attached hydrogens (tertiary/aromatic N) is 3. The minimum atomic E-state index is -0.155. The molecule has 78 valence electrons. The van der Waals surface area contributed by atoms with Crippen LogP contribution in [0.2, 0.25) is 0 Å². The standard InChI is InChI=1S/C9H10N4OS/c1-13-7(2-3-12-13)4-10-9(14)8-5-15-6-11-8/h2-3,5-6H,4H2,1H3,(H,10,14). The Morgan fingerprint density at radius 2 is 2.53 bits per heavy atom. The van der Waals surface area contributed by atoms with Crippen LogP contribution in [0.5, 0.6) is 0 Å². The van der Waals surface area contributed by atoms with E-state index in [2.05, 4.69) is 15.4 Å². The number of amides is 1. The van der Waals surface area contributed by atoms with Gasteiger partial charge in [0, 0.05) is 18.6 Å². The van der Waals surface area contributed by atoms with Gasteiger partial charge in [-0.3, -0.25) is 9.48 Å². The SMILES string of the molecule is Cn1nccc1CNC(=O)c1cscn1. The molecule has 2 aromatic rings. The quantitative estimate of drug-likeness (QED) is 0.836. The Balaban J connectivity index is 1.95. The van der Waals surface area contributed by atoms with Crippen molar-refractivity contribution in [3.05, 3.63) is 34.5 Å². The maximum Gasteiger partial charge on any atom is 0.271 e. The Bertz CT molecular complexity index is 448. The zero-order valence-electron chi connectivity index (χ0n) is 8.17. The van der Waals surface area contributed by atoms with Crippen LogP contribution in [0.4, 0.5) is 0 Å². The number of hydrogen-bond acceptors (Lipinski definition) is 4. The second-order valence-electron chi connectivity index (χ2n) is 3.00. The van der Waals surface area contributed by atoms with E-state index < -0.39 is 0 Å². The van der Waals surface area contributed by atoms with Crippen LogP contribution in [0.3, 0.4) is 0 Å². The third-order valence-corrected chi connectivity index (χ3v) is 2.60. The summed E-state index contributed by atoms with van der Waals surface area (Å²) in [5.41, 5.74) is 3.06. The second kappa shape index (κ2) is 4.22.